The number of nitrogens with one attached hydrogen (secondary N) is 1. The Morgan fingerprint density at radius 3 is 2.29 bits per heavy atom. The third-order valence-corrected chi connectivity index (χ3v) is 3.43. The van der Waals surface area contributed by atoms with E-state index in [0.29, 0.717) is 23.2 Å². The van der Waals surface area contributed by atoms with Crippen LogP contribution in [0.2, 0.25) is 0 Å². The molecule has 0 saturated carbocycles. The summed E-state index contributed by atoms with van der Waals surface area (Å²) < 4.78 is 10.4. The molecule has 0 unspecified atom stereocenters. The van der Waals surface area contributed by atoms with Crippen LogP contribution in [0.5, 0.6) is 0 Å². The van der Waals surface area contributed by atoms with Crippen molar-refractivity contribution in [1.29, 1.82) is 0 Å². The summed E-state index contributed by atoms with van der Waals surface area (Å²) in [7, 11) is 0. The average Bonchev–Trinajstić information content (AvgIpc) is 2.62. The first-order valence-corrected chi connectivity index (χ1v) is 7.58. The minimum absolute atomic E-state index is 0.152. The largest absolute Gasteiger partial charge is 0.462 e. The molecular weight excluding hydrogens is 308 g/mol. The Kier molecular flexibility index (Phi) is 4.86. The Bertz CT molecular complexity index is 772. The van der Waals surface area contributed by atoms with E-state index in [1.165, 1.54) is 0 Å². The predicted molar refractivity (Wildman–Crippen MR) is 88.9 cm³/mol. The minimum Gasteiger partial charge on any atom is -0.462 e. The van der Waals surface area contributed by atoms with Crippen molar-refractivity contribution in [3.8, 4) is 0 Å². The van der Waals surface area contributed by atoms with Crippen LogP contribution in [0.3, 0.4) is 0 Å². The molecule has 1 heterocycles. The van der Waals surface area contributed by atoms with Gasteiger partial charge in [0, 0.05) is 12.0 Å². The molecule has 0 aliphatic carbocycles. The van der Waals surface area contributed by atoms with Crippen molar-refractivity contribution < 1.29 is 19.1 Å². The van der Waals surface area contributed by atoms with Crippen molar-refractivity contribution in [3.63, 3.8) is 0 Å². The zero-order chi connectivity index (χ0) is 16.8. The molecule has 6 nitrogen and oxygen atoms in total. The quantitative estimate of drug-likeness (QED) is 0.816. The summed E-state index contributed by atoms with van der Waals surface area (Å²) in [5.74, 6) is -0.973. The standard InChI is InChI=1S/C18H16N2O4/c21-17-14-9-4-5-10-15(14)19-20-16(13-7-2-1-3-8-13)18(22)24-12-6-11-23-17/h1-5,7-10,19H,6,11-12H2. The molecule has 3 rings (SSSR count). The molecule has 2 aromatic rings. The molecular formula is C18H16N2O4. The van der Waals surface area contributed by atoms with Gasteiger partial charge in [-0.05, 0) is 12.1 Å². The Morgan fingerprint density at radius 1 is 0.833 bits per heavy atom. The molecule has 0 spiro atoms. The summed E-state index contributed by atoms with van der Waals surface area (Å²) in [6, 6.07) is 15.9. The Hall–Kier alpha value is -3.15. The summed E-state index contributed by atoms with van der Waals surface area (Å²) in [6.45, 7) is 0.331. The minimum atomic E-state index is -0.530. The van der Waals surface area contributed by atoms with Crippen molar-refractivity contribution in [2.24, 2.45) is 5.10 Å². The van der Waals surface area contributed by atoms with Crippen molar-refractivity contribution in [2.45, 2.75) is 6.42 Å². The molecule has 0 atom stereocenters. The number of hydrogen-bond donors (Lipinski definition) is 1. The lowest BCUT2D eigenvalue weighted by Crippen LogP contribution is -2.22. The number of anilines is 1. The molecule has 1 aliphatic heterocycles. The van der Waals surface area contributed by atoms with Gasteiger partial charge < -0.3 is 9.47 Å². The van der Waals surface area contributed by atoms with Crippen LogP contribution in [0.25, 0.3) is 0 Å². The van der Waals surface area contributed by atoms with Crippen LogP contribution in [0.1, 0.15) is 22.3 Å². The van der Waals surface area contributed by atoms with Crippen LogP contribution in [0.4, 0.5) is 5.69 Å². The lowest BCUT2D eigenvalue weighted by molar-refractivity contribution is -0.135. The number of hydrogen-bond acceptors (Lipinski definition) is 6. The van der Waals surface area contributed by atoms with Crippen LogP contribution in [0, 0.1) is 0 Å². The topological polar surface area (TPSA) is 77.0 Å². The molecule has 0 aromatic heterocycles. The fraction of sp³-hybridized carbons (Fsp3) is 0.167. The van der Waals surface area contributed by atoms with Gasteiger partial charge in [0.2, 0.25) is 0 Å². The molecule has 1 aliphatic rings. The Morgan fingerprint density at radius 2 is 1.50 bits per heavy atom. The molecule has 0 bridgehead atoms. The van der Waals surface area contributed by atoms with E-state index in [1.807, 2.05) is 18.2 Å². The van der Waals surface area contributed by atoms with Crippen LogP contribution in [0.15, 0.2) is 59.7 Å². The normalized spacial score (nSPS) is 15.6. The highest BCUT2D eigenvalue weighted by molar-refractivity contribution is 6.43. The van der Waals surface area contributed by atoms with Gasteiger partial charge in [-0.2, -0.15) is 5.10 Å². The number of hydrazone groups is 1. The monoisotopic (exact) mass is 324 g/mol. The molecule has 2 aromatic carbocycles. The molecule has 0 radical (unpaired) electrons. The van der Waals surface area contributed by atoms with E-state index in [2.05, 4.69) is 10.5 Å². The van der Waals surface area contributed by atoms with Gasteiger partial charge in [0.05, 0.1) is 24.5 Å². The molecule has 0 saturated heterocycles. The number of cyclic esters (lactones) is 2. The zero-order valence-electron chi connectivity index (χ0n) is 12.9. The number of rotatable bonds is 1. The average molecular weight is 324 g/mol. The van der Waals surface area contributed by atoms with E-state index < -0.39 is 11.9 Å². The van der Waals surface area contributed by atoms with E-state index in [9.17, 15) is 9.59 Å². The SMILES string of the molecule is O=C1OCCCOC(=O)c2ccccc2NN=C1c1ccccc1. The lowest BCUT2D eigenvalue weighted by Gasteiger charge is -2.13. The summed E-state index contributed by atoms with van der Waals surface area (Å²) >= 11 is 0. The van der Waals surface area contributed by atoms with Gasteiger partial charge >= 0.3 is 11.9 Å². The number of carbonyl (C=O) groups is 2. The first kappa shape index (κ1) is 15.7. The maximum atomic E-state index is 12.3. The second-order valence-corrected chi connectivity index (χ2v) is 5.11. The third-order valence-electron chi connectivity index (χ3n) is 3.43. The highest BCUT2D eigenvalue weighted by Gasteiger charge is 2.18. The van der Waals surface area contributed by atoms with Gasteiger partial charge in [-0.25, -0.2) is 9.59 Å². The number of fused-ring (bicyclic) bond motifs is 1. The number of nitrogens with zero attached hydrogens (tertiary/aromatic N) is 1. The van der Waals surface area contributed by atoms with Gasteiger partial charge in [-0.3, -0.25) is 5.43 Å². The smallest absolute Gasteiger partial charge is 0.359 e. The molecule has 122 valence electrons. The van der Waals surface area contributed by atoms with Crippen molar-refractivity contribution in [1.82, 2.24) is 0 Å². The van der Waals surface area contributed by atoms with Crippen LogP contribution >= 0.6 is 0 Å². The van der Waals surface area contributed by atoms with Crippen molar-refractivity contribution >= 4 is 23.3 Å². The Balaban J connectivity index is 2.00. The molecule has 0 amide bonds. The summed E-state index contributed by atoms with van der Waals surface area (Å²) in [6.07, 6.45) is 0.426. The number of ether oxygens (including phenoxy) is 2. The second-order valence-electron chi connectivity index (χ2n) is 5.11. The second kappa shape index (κ2) is 7.41. The van der Waals surface area contributed by atoms with Crippen molar-refractivity contribution in [2.75, 3.05) is 18.6 Å². The predicted octanol–water partition coefficient (Wildman–Crippen LogP) is 2.61. The maximum absolute atomic E-state index is 12.3. The van der Waals surface area contributed by atoms with Gasteiger partial charge in [0.15, 0.2) is 5.71 Å². The molecule has 1 N–H and O–H groups in total. The van der Waals surface area contributed by atoms with E-state index in [0.717, 1.165) is 0 Å². The van der Waals surface area contributed by atoms with Gasteiger partial charge in [0.1, 0.15) is 0 Å². The summed E-state index contributed by atoms with van der Waals surface area (Å²) in [5, 5.41) is 4.17. The highest BCUT2D eigenvalue weighted by Crippen LogP contribution is 2.17. The lowest BCUT2D eigenvalue weighted by atomic mass is 10.1. The fourth-order valence-corrected chi connectivity index (χ4v) is 2.23. The summed E-state index contributed by atoms with van der Waals surface area (Å²) in [5.41, 5.74) is 4.39. The number of benzene rings is 2. The van der Waals surface area contributed by atoms with E-state index in [-0.39, 0.29) is 18.9 Å². The fourth-order valence-electron chi connectivity index (χ4n) is 2.23. The zero-order valence-corrected chi connectivity index (χ0v) is 12.9. The first-order valence-electron chi connectivity index (χ1n) is 7.58. The first-order chi connectivity index (χ1) is 11.8. The maximum Gasteiger partial charge on any atom is 0.359 e. The summed E-state index contributed by atoms with van der Waals surface area (Å²) in [4.78, 5) is 24.4. The number of para-hydroxylation sites is 1. The Labute approximate surface area is 139 Å². The molecule has 0 fully saturated rings. The highest BCUT2D eigenvalue weighted by atomic mass is 16.5. The third kappa shape index (κ3) is 3.60. The van der Waals surface area contributed by atoms with Gasteiger partial charge in [0.25, 0.3) is 0 Å². The number of esters is 2. The van der Waals surface area contributed by atoms with E-state index in [4.69, 9.17) is 9.47 Å². The van der Waals surface area contributed by atoms with Gasteiger partial charge in [-0.15, -0.1) is 0 Å². The van der Waals surface area contributed by atoms with Crippen LogP contribution < -0.4 is 5.43 Å². The molecule has 6 heteroatoms. The molecule has 24 heavy (non-hydrogen) atoms. The van der Waals surface area contributed by atoms with Crippen molar-refractivity contribution in [3.05, 3.63) is 65.7 Å². The van der Waals surface area contributed by atoms with E-state index in [1.54, 1.807) is 36.4 Å². The van der Waals surface area contributed by atoms with Gasteiger partial charge in [-0.1, -0.05) is 42.5 Å². The van der Waals surface area contributed by atoms with Crippen LogP contribution in [-0.2, 0) is 14.3 Å². The van der Waals surface area contributed by atoms with Crippen LogP contribution in [-0.4, -0.2) is 30.9 Å². The van der Waals surface area contributed by atoms with E-state index >= 15 is 0 Å². The number of carbonyl (C=O) groups excluding carboxylic acids is 2.